The highest BCUT2D eigenvalue weighted by Crippen LogP contribution is 2.20. The van der Waals surface area contributed by atoms with Crippen LogP contribution in [0.1, 0.15) is 16.1 Å². The minimum Gasteiger partial charge on any atom is -0.480 e. The molecular weight excluding hydrogens is 322 g/mol. The maximum atomic E-state index is 12.1. The van der Waals surface area contributed by atoms with Gasteiger partial charge in [-0.25, -0.2) is 9.48 Å². The Balaban J connectivity index is 1.99. The maximum absolute atomic E-state index is 12.1. The zero-order valence-electron chi connectivity index (χ0n) is 12.5. The molecule has 0 saturated carbocycles. The highest BCUT2D eigenvalue weighted by atomic mass is 35.5. The van der Waals surface area contributed by atoms with Crippen LogP contribution in [0.2, 0.25) is 5.02 Å². The lowest BCUT2D eigenvalue weighted by molar-refractivity contribution is -0.142. The fraction of sp³-hybridized carbons (Fsp3) is 0.267. The number of carboxylic acid groups (broad SMARTS) is 1. The van der Waals surface area contributed by atoms with E-state index in [-0.39, 0.29) is 24.8 Å². The summed E-state index contributed by atoms with van der Waals surface area (Å²) in [6.45, 7) is 1.69. The first-order valence-corrected chi connectivity index (χ1v) is 7.25. The van der Waals surface area contributed by atoms with Crippen molar-refractivity contribution >= 4 is 23.5 Å². The molecule has 7 nitrogen and oxygen atoms in total. The predicted molar refractivity (Wildman–Crippen MR) is 84.1 cm³/mol. The number of amides is 1. The molecule has 1 heterocycles. The van der Waals surface area contributed by atoms with Gasteiger partial charge in [0, 0.05) is 18.3 Å². The number of rotatable bonds is 7. The van der Waals surface area contributed by atoms with Crippen LogP contribution in [0.15, 0.2) is 30.5 Å². The van der Waals surface area contributed by atoms with Gasteiger partial charge in [-0.15, -0.1) is 0 Å². The molecule has 1 aromatic heterocycles. The summed E-state index contributed by atoms with van der Waals surface area (Å²) < 4.78 is 6.39. The average molecular weight is 338 g/mol. The van der Waals surface area contributed by atoms with Crippen LogP contribution in [0.5, 0.6) is 0 Å². The van der Waals surface area contributed by atoms with Crippen LogP contribution in [-0.2, 0) is 9.53 Å². The summed E-state index contributed by atoms with van der Waals surface area (Å²) >= 11 is 6.12. The van der Waals surface area contributed by atoms with Crippen LogP contribution < -0.4 is 5.32 Å². The van der Waals surface area contributed by atoms with E-state index in [0.29, 0.717) is 16.3 Å². The molecule has 0 aliphatic carbocycles. The Labute approximate surface area is 137 Å². The quantitative estimate of drug-likeness (QED) is 0.749. The molecule has 0 unspecified atom stereocenters. The average Bonchev–Trinajstić information content (AvgIpc) is 2.88. The minimum absolute atomic E-state index is 0.113. The number of carbonyl (C=O) groups excluding carboxylic acids is 1. The van der Waals surface area contributed by atoms with Crippen LogP contribution in [-0.4, -0.2) is 46.5 Å². The third-order valence-electron chi connectivity index (χ3n) is 2.97. The number of carboxylic acids is 1. The molecule has 0 saturated heterocycles. The number of hydrogen-bond acceptors (Lipinski definition) is 4. The maximum Gasteiger partial charge on any atom is 0.329 e. The highest BCUT2D eigenvalue weighted by molar-refractivity contribution is 6.32. The first-order chi connectivity index (χ1) is 11.0. The van der Waals surface area contributed by atoms with Crippen molar-refractivity contribution in [2.24, 2.45) is 0 Å². The number of aromatic nitrogens is 2. The van der Waals surface area contributed by atoms with Crippen LogP contribution in [0, 0.1) is 6.92 Å². The molecule has 1 amide bonds. The second-order valence-electron chi connectivity index (χ2n) is 4.76. The number of para-hydroxylation sites is 1. The molecule has 0 atom stereocenters. The number of hydrogen-bond donors (Lipinski definition) is 2. The largest absolute Gasteiger partial charge is 0.480 e. The second-order valence-corrected chi connectivity index (χ2v) is 5.17. The molecule has 0 aliphatic heterocycles. The fourth-order valence-corrected chi connectivity index (χ4v) is 2.15. The molecule has 2 N–H and O–H groups in total. The van der Waals surface area contributed by atoms with Crippen molar-refractivity contribution in [2.45, 2.75) is 6.92 Å². The summed E-state index contributed by atoms with van der Waals surface area (Å²) in [5.41, 5.74) is 1.66. The van der Waals surface area contributed by atoms with Crippen LogP contribution in [0.3, 0.4) is 0 Å². The summed E-state index contributed by atoms with van der Waals surface area (Å²) in [4.78, 5) is 22.4. The van der Waals surface area contributed by atoms with Gasteiger partial charge in [-0.1, -0.05) is 23.7 Å². The highest BCUT2D eigenvalue weighted by Gasteiger charge is 2.15. The fourth-order valence-electron chi connectivity index (χ4n) is 1.93. The smallest absolute Gasteiger partial charge is 0.329 e. The van der Waals surface area contributed by atoms with E-state index in [1.807, 2.05) is 12.1 Å². The molecule has 8 heteroatoms. The van der Waals surface area contributed by atoms with E-state index in [1.54, 1.807) is 29.9 Å². The molecule has 0 aliphatic rings. The zero-order valence-corrected chi connectivity index (χ0v) is 13.2. The van der Waals surface area contributed by atoms with Crippen molar-refractivity contribution in [1.82, 2.24) is 15.1 Å². The molecular formula is C15H16ClN3O4. The summed E-state index contributed by atoms with van der Waals surface area (Å²) in [5, 5.41) is 15.8. The Morgan fingerprint density at radius 2 is 2.13 bits per heavy atom. The van der Waals surface area contributed by atoms with E-state index < -0.39 is 12.6 Å². The molecule has 0 fully saturated rings. The SMILES string of the molecule is Cc1cn(-c2ccccc2Cl)nc1C(=O)NCCOCC(=O)O. The summed E-state index contributed by atoms with van der Waals surface area (Å²) in [7, 11) is 0. The summed E-state index contributed by atoms with van der Waals surface area (Å²) in [5.74, 6) is -1.40. The van der Waals surface area contributed by atoms with Crippen molar-refractivity contribution in [3.05, 3.63) is 46.7 Å². The van der Waals surface area contributed by atoms with Gasteiger partial charge in [0.2, 0.25) is 0 Å². The van der Waals surface area contributed by atoms with Gasteiger partial charge in [-0.05, 0) is 19.1 Å². The Kier molecular flexibility index (Phi) is 5.72. The second kappa shape index (κ2) is 7.75. The third-order valence-corrected chi connectivity index (χ3v) is 3.29. The monoisotopic (exact) mass is 337 g/mol. The van der Waals surface area contributed by atoms with Crippen molar-refractivity contribution in [3.8, 4) is 5.69 Å². The van der Waals surface area contributed by atoms with Gasteiger partial charge in [0.1, 0.15) is 6.61 Å². The van der Waals surface area contributed by atoms with E-state index >= 15 is 0 Å². The Morgan fingerprint density at radius 3 is 2.83 bits per heavy atom. The van der Waals surface area contributed by atoms with E-state index in [2.05, 4.69) is 10.4 Å². The number of aliphatic carboxylic acids is 1. The number of nitrogens with one attached hydrogen (secondary N) is 1. The van der Waals surface area contributed by atoms with Crippen molar-refractivity contribution in [2.75, 3.05) is 19.8 Å². The van der Waals surface area contributed by atoms with Crippen LogP contribution in [0.4, 0.5) is 0 Å². The van der Waals surface area contributed by atoms with Gasteiger partial charge in [-0.3, -0.25) is 4.79 Å². The van der Waals surface area contributed by atoms with Crippen LogP contribution in [0.25, 0.3) is 5.69 Å². The first-order valence-electron chi connectivity index (χ1n) is 6.88. The molecule has 23 heavy (non-hydrogen) atoms. The number of halogens is 1. The number of benzene rings is 1. The van der Waals surface area contributed by atoms with Crippen LogP contribution >= 0.6 is 11.6 Å². The number of nitrogens with zero attached hydrogens (tertiary/aromatic N) is 2. The molecule has 0 radical (unpaired) electrons. The van der Waals surface area contributed by atoms with Gasteiger partial charge in [0.25, 0.3) is 5.91 Å². The van der Waals surface area contributed by atoms with Gasteiger partial charge < -0.3 is 15.2 Å². The number of carbonyl (C=O) groups is 2. The number of aryl methyl sites for hydroxylation is 1. The molecule has 0 spiro atoms. The zero-order chi connectivity index (χ0) is 16.8. The van der Waals surface area contributed by atoms with Crippen molar-refractivity contribution in [3.63, 3.8) is 0 Å². The summed E-state index contributed by atoms with van der Waals surface area (Å²) in [6, 6.07) is 7.19. The van der Waals surface area contributed by atoms with E-state index in [4.69, 9.17) is 21.4 Å². The predicted octanol–water partition coefficient (Wildman–Crippen LogP) is 1.67. The molecule has 0 bridgehead atoms. The standard InChI is InChI=1S/C15H16ClN3O4/c1-10-8-19(12-5-3-2-4-11(12)16)18-14(10)15(22)17-6-7-23-9-13(20)21/h2-5,8H,6-7,9H2,1H3,(H,17,22)(H,20,21). The Bertz CT molecular complexity index is 714. The third kappa shape index (κ3) is 4.54. The lowest BCUT2D eigenvalue weighted by Gasteiger charge is -2.04. The van der Waals surface area contributed by atoms with E-state index in [0.717, 1.165) is 0 Å². The van der Waals surface area contributed by atoms with Crippen molar-refractivity contribution in [1.29, 1.82) is 0 Å². The Hall–Kier alpha value is -2.38. The number of ether oxygens (including phenoxy) is 1. The van der Waals surface area contributed by atoms with Gasteiger partial charge in [0.15, 0.2) is 5.69 Å². The van der Waals surface area contributed by atoms with Crippen molar-refractivity contribution < 1.29 is 19.4 Å². The summed E-state index contributed by atoms with van der Waals surface area (Å²) in [6.07, 6.45) is 1.72. The topological polar surface area (TPSA) is 93.5 Å². The van der Waals surface area contributed by atoms with Gasteiger partial charge >= 0.3 is 5.97 Å². The minimum atomic E-state index is -1.05. The van der Waals surface area contributed by atoms with Gasteiger partial charge in [0.05, 0.1) is 17.3 Å². The molecule has 1 aromatic carbocycles. The molecule has 2 rings (SSSR count). The Morgan fingerprint density at radius 1 is 1.39 bits per heavy atom. The van der Waals surface area contributed by atoms with E-state index in [1.165, 1.54) is 0 Å². The molecule has 2 aromatic rings. The lowest BCUT2D eigenvalue weighted by atomic mass is 10.2. The first kappa shape index (κ1) is 17.0. The molecule has 122 valence electrons. The van der Waals surface area contributed by atoms with Gasteiger partial charge in [-0.2, -0.15) is 5.10 Å². The van der Waals surface area contributed by atoms with E-state index in [9.17, 15) is 9.59 Å². The lowest BCUT2D eigenvalue weighted by Crippen LogP contribution is -2.28. The normalized spacial score (nSPS) is 10.5.